The highest BCUT2D eigenvalue weighted by atomic mass is 32.1. The minimum Gasteiger partial charge on any atom is -0.393 e. The number of carbonyl (C=O) groups is 1. The minimum atomic E-state index is -0.249. The number of carbonyl (C=O) groups excluding carboxylic acids is 1. The van der Waals surface area contributed by atoms with Crippen LogP contribution in [0.2, 0.25) is 0 Å². The van der Waals surface area contributed by atoms with Crippen LogP contribution in [0.5, 0.6) is 0 Å². The van der Waals surface area contributed by atoms with E-state index in [1.54, 1.807) is 6.92 Å². The third-order valence-electron chi connectivity index (χ3n) is 2.31. The van der Waals surface area contributed by atoms with Crippen molar-refractivity contribution in [2.75, 3.05) is 0 Å². The van der Waals surface area contributed by atoms with E-state index in [9.17, 15) is 4.79 Å². The lowest BCUT2D eigenvalue weighted by Gasteiger charge is -2.31. The Morgan fingerprint density at radius 3 is 2.86 bits per heavy atom. The number of nitrogens with zero attached hydrogens (tertiary/aromatic N) is 2. The Hall–Kier alpha value is -1.01. The van der Waals surface area contributed by atoms with Crippen LogP contribution in [0.3, 0.4) is 0 Å². The Morgan fingerprint density at radius 2 is 2.36 bits per heavy atom. The molecule has 1 aliphatic rings. The average molecular weight is 213 g/mol. The second-order valence-corrected chi connectivity index (χ2v) is 4.24. The third kappa shape index (κ3) is 1.76. The molecule has 1 aliphatic carbocycles. The van der Waals surface area contributed by atoms with Crippen LogP contribution in [-0.4, -0.2) is 32.7 Å². The summed E-state index contributed by atoms with van der Waals surface area (Å²) in [5, 5.41) is 15.6. The summed E-state index contributed by atoms with van der Waals surface area (Å²) in [7, 11) is 0. The summed E-state index contributed by atoms with van der Waals surface area (Å²) in [5.74, 6) is -0.130. The Bertz CT molecular complexity index is 346. The Kier molecular flexibility index (Phi) is 2.47. The Labute approximate surface area is 85.3 Å². The second-order valence-electron chi connectivity index (χ2n) is 3.48. The molecule has 0 atom stereocenters. The van der Waals surface area contributed by atoms with Gasteiger partial charge in [0.1, 0.15) is 4.88 Å². The molecule has 0 unspecified atom stereocenters. The molecule has 0 spiro atoms. The van der Waals surface area contributed by atoms with Crippen LogP contribution in [0.4, 0.5) is 0 Å². The lowest BCUT2D eigenvalue weighted by molar-refractivity contribution is 0.0564. The van der Waals surface area contributed by atoms with E-state index in [0.717, 1.165) is 11.5 Å². The SMILES string of the molecule is Cc1nnsc1C(=O)NC1CC(O)C1. The largest absolute Gasteiger partial charge is 0.393 e. The quantitative estimate of drug-likeness (QED) is 0.730. The van der Waals surface area contributed by atoms with Crippen molar-refractivity contribution in [1.82, 2.24) is 14.9 Å². The molecule has 1 amide bonds. The molecule has 5 nitrogen and oxygen atoms in total. The average Bonchev–Trinajstić information content (AvgIpc) is 2.48. The summed E-state index contributed by atoms with van der Waals surface area (Å²) in [5.41, 5.74) is 0.660. The van der Waals surface area contributed by atoms with Crippen LogP contribution in [0.1, 0.15) is 28.2 Å². The maximum Gasteiger partial charge on any atom is 0.265 e. The first-order valence-electron chi connectivity index (χ1n) is 4.44. The highest BCUT2D eigenvalue weighted by Crippen LogP contribution is 2.20. The molecule has 0 aromatic carbocycles. The minimum absolute atomic E-state index is 0.110. The molecule has 1 saturated carbocycles. The lowest BCUT2D eigenvalue weighted by Crippen LogP contribution is -2.46. The van der Waals surface area contributed by atoms with Gasteiger partial charge in [0.2, 0.25) is 0 Å². The van der Waals surface area contributed by atoms with Crippen molar-refractivity contribution >= 4 is 17.4 Å². The Morgan fingerprint density at radius 1 is 1.64 bits per heavy atom. The molecule has 14 heavy (non-hydrogen) atoms. The van der Waals surface area contributed by atoms with Gasteiger partial charge >= 0.3 is 0 Å². The summed E-state index contributed by atoms with van der Waals surface area (Å²) in [6.07, 6.45) is 1.05. The van der Waals surface area contributed by atoms with Crippen LogP contribution in [0.25, 0.3) is 0 Å². The first kappa shape index (κ1) is 9.54. The molecular weight excluding hydrogens is 202 g/mol. The molecule has 6 heteroatoms. The van der Waals surface area contributed by atoms with Gasteiger partial charge in [-0.25, -0.2) is 0 Å². The van der Waals surface area contributed by atoms with Crippen molar-refractivity contribution in [1.29, 1.82) is 0 Å². The van der Waals surface area contributed by atoms with Crippen LogP contribution < -0.4 is 5.32 Å². The van der Waals surface area contributed by atoms with Crippen LogP contribution in [0, 0.1) is 6.92 Å². The van der Waals surface area contributed by atoms with Gasteiger partial charge in [0.05, 0.1) is 11.8 Å². The summed E-state index contributed by atoms with van der Waals surface area (Å²) in [6.45, 7) is 1.76. The van der Waals surface area contributed by atoms with Crippen molar-refractivity contribution in [3.63, 3.8) is 0 Å². The molecule has 0 saturated heterocycles. The topological polar surface area (TPSA) is 75.1 Å². The van der Waals surface area contributed by atoms with E-state index in [1.165, 1.54) is 0 Å². The van der Waals surface area contributed by atoms with E-state index in [1.807, 2.05) is 0 Å². The zero-order valence-electron chi connectivity index (χ0n) is 7.73. The third-order valence-corrected chi connectivity index (χ3v) is 3.13. The Balaban J connectivity index is 1.93. The van der Waals surface area contributed by atoms with Gasteiger partial charge in [-0.1, -0.05) is 4.49 Å². The van der Waals surface area contributed by atoms with E-state index in [2.05, 4.69) is 14.9 Å². The van der Waals surface area contributed by atoms with Gasteiger partial charge in [-0.05, 0) is 31.3 Å². The van der Waals surface area contributed by atoms with Crippen molar-refractivity contribution in [3.8, 4) is 0 Å². The summed E-state index contributed by atoms with van der Waals surface area (Å²) < 4.78 is 3.69. The number of hydrogen-bond donors (Lipinski definition) is 2. The first-order valence-corrected chi connectivity index (χ1v) is 5.22. The molecule has 0 bridgehead atoms. The monoisotopic (exact) mass is 213 g/mol. The number of aromatic nitrogens is 2. The molecule has 1 aromatic rings. The van der Waals surface area contributed by atoms with Crippen LogP contribution in [-0.2, 0) is 0 Å². The highest BCUT2D eigenvalue weighted by molar-refractivity contribution is 7.07. The number of aliphatic hydroxyl groups excluding tert-OH is 1. The molecule has 0 aliphatic heterocycles. The van der Waals surface area contributed by atoms with Crippen molar-refractivity contribution in [2.24, 2.45) is 0 Å². The maximum atomic E-state index is 11.6. The highest BCUT2D eigenvalue weighted by Gasteiger charge is 2.29. The van der Waals surface area contributed by atoms with Crippen LogP contribution >= 0.6 is 11.5 Å². The van der Waals surface area contributed by atoms with Gasteiger partial charge in [0.15, 0.2) is 0 Å². The first-order chi connectivity index (χ1) is 6.66. The molecule has 2 N–H and O–H groups in total. The number of aliphatic hydroxyl groups is 1. The summed E-state index contributed by atoms with van der Waals surface area (Å²) in [4.78, 5) is 12.1. The fourth-order valence-corrected chi connectivity index (χ4v) is 1.96. The van der Waals surface area contributed by atoms with Crippen LogP contribution in [0.15, 0.2) is 0 Å². The smallest absolute Gasteiger partial charge is 0.265 e. The van der Waals surface area contributed by atoms with Crippen molar-refractivity contribution in [3.05, 3.63) is 10.6 Å². The van der Waals surface area contributed by atoms with Gasteiger partial charge < -0.3 is 10.4 Å². The lowest BCUT2D eigenvalue weighted by atomic mass is 9.89. The standard InChI is InChI=1S/C8H11N3O2S/c1-4-7(14-11-10-4)8(13)9-5-2-6(12)3-5/h5-6,12H,2-3H2,1H3,(H,9,13). The van der Waals surface area contributed by atoms with Gasteiger partial charge in [-0.15, -0.1) is 5.10 Å². The van der Waals surface area contributed by atoms with Gasteiger partial charge in [-0.3, -0.25) is 4.79 Å². The number of hydrogen-bond acceptors (Lipinski definition) is 5. The van der Waals surface area contributed by atoms with E-state index in [-0.39, 0.29) is 18.1 Å². The molecule has 1 aromatic heterocycles. The summed E-state index contributed by atoms with van der Waals surface area (Å²) >= 11 is 1.10. The maximum absolute atomic E-state index is 11.6. The van der Waals surface area contributed by atoms with Gasteiger partial charge in [0, 0.05) is 6.04 Å². The fourth-order valence-electron chi connectivity index (χ4n) is 1.40. The van der Waals surface area contributed by atoms with E-state index >= 15 is 0 Å². The predicted octanol–water partition coefficient (Wildman–Crippen LogP) is 0.0996. The molecule has 1 heterocycles. The van der Waals surface area contributed by atoms with Gasteiger partial charge in [0.25, 0.3) is 5.91 Å². The zero-order valence-corrected chi connectivity index (χ0v) is 8.54. The molecule has 0 radical (unpaired) electrons. The molecule has 76 valence electrons. The normalized spacial score (nSPS) is 25.6. The van der Waals surface area contributed by atoms with Gasteiger partial charge in [-0.2, -0.15) is 0 Å². The van der Waals surface area contributed by atoms with E-state index in [0.29, 0.717) is 23.4 Å². The van der Waals surface area contributed by atoms with Crippen molar-refractivity contribution < 1.29 is 9.90 Å². The predicted molar refractivity (Wildman–Crippen MR) is 51.1 cm³/mol. The van der Waals surface area contributed by atoms with E-state index < -0.39 is 0 Å². The molecular formula is C8H11N3O2S. The van der Waals surface area contributed by atoms with E-state index in [4.69, 9.17) is 5.11 Å². The summed E-state index contributed by atoms with van der Waals surface area (Å²) in [6, 6.07) is 0.110. The number of rotatable bonds is 2. The van der Waals surface area contributed by atoms with Crippen molar-refractivity contribution in [2.45, 2.75) is 31.9 Å². The number of amides is 1. The molecule has 1 fully saturated rings. The second kappa shape index (κ2) is 3.62. The zero-order chi connectivity index (χ0) is 10.1. The number of nitrogens with one attached hydrogen (secondary N) is 1. The molecule has 2 rings (SSSR count). The fraction of sp³-hybridized carbons (Fsp3) is 0.625. The number of aryl methyl sites for hydroxylation is 1.